The summed E-state index contributed by atoms with van der Waals surface area (Å²) in [7, 11) is 0. The zero-order chi connectivity index (χ0) is 23.7. The smallest absolute Gasteiger partial charge is 0.285 e. The van der Waals surface area contributed by atoms with Crippen LogP contribution in [-0.2, 0) is 24.2 Å². The molecule has 8 nitrogen and oxygen atoms in total. The Bertz CT molecular complexity index is 1430. The lowest BCUT2D eigenvalue weighted by atomic mass is 9.83. The van der Waals surface area contributed by atoms with E-state index in [-0.39, 0.29) is 39.5 Å². The van der Waals surface area contributed by atoms with Crippen LogP contribution in [0.3, 0.4) is 0 Å². The second-order valence-electron chi connectivity index (χ2n) is 7.56. The van der Waals surface area contributed by atoms with Crippen LogP contribution < -0.4 is 10.9 Å². The van der Waals surface area contributed by atoms with Gasteiger partial charge in [0.25, 0.3) is 5.56 Å². The second kappa shape index (κ2) is 8.63. The Kier molecular flexibility index (Phi) is 5.71. The van der Waals surface area contributed by atoms with Crippen LogP contribution in [0.25, 0.3) is 0 Å². The summed E-state index contributed by atoms with van der Waals surface area (Å²) in [5, 5.41) is 16.4. The number of ketones is 2. The van der Waals surface area contributed by atoms with Crippen molar-refractivity contribution in [2.75, 3.05) is 5.32 Å². The molecule has 0 spiro atoms. The Morgan fingerprint density at radius 1 is 0.970 bits per heavy atom. The molecule has 1 heterocycles. The van der Waals surface area contributed by atoms with E-state index in [0.29, 0.717) is 29.7 Å². The van der Waals surface area contributed by atoms with E-state index in [1.54, 1.807) is 36.4 Å². The first kappa shape index (κ1) is 21.8. The van der Waals surface area contributed by atoms with Crippen molar-refractivity contribution < 1.29 is 14.4 Å². The first-order valence-corrected chi connectivity index (χ1v) is 10.5. The standard InChI is InChI=1S/C25H20N4O4/c1-3-14-18(12-26)25(33)29(28-19(14)4-2)13-21(30)27-20-11-7-10-17-22(20)24(32)16-9-6-5-8-15(16)23(17)31/h5-11H,3-4,13H2,1-2H3,(H,27,30). The van der Waals surface area contributed by atoms with Gasteiger partial charge < -0.3 is 5.32 Å². The van der Waals surface area contributed by atoms with Crippen molar-refractivity contribution in [1.82, 2.24) is 9.78 Å². The number of nitrogens with zero attached hydrogens (tertiary/aromatic N) is 3. The molecule has 8 heteroatoms. The fourth-order valence-electron chi connectivity index (χ4n) is 4.12. The number of benzene rings is 2. The van der Waals surface area contributed by atoms with E-state index < -0.39 is 18.0 Å². The molecule has 1 N–H and O–H groups in total. The molecule has 1 aliphatic rings. The number of carbonyl (C=O) groups is 3. The third kappa shape index (κ3) is 3.64. The van der Waals surface area contributed by atoms with Crippen LogP contribution in [0.2, 0.25) is 0 Å². The molecule has 0 saturated carbocycles. The molecule has 0 unspecified atom stereocenters. The van der Waals surface area contributed by atoms with Crippen LogP contribution >= 0.6 is 0 Å². The largest absolute Gasteiger partial charge is 0.324 e. The van der Waals surface area contributed by atoms with E-state index in [2.05, 4.69) is 10.4 Å². The molecule has 0 fully saturated rings. The Balaban J connectivity index is 1.68. The van der Waals surface area contributed by atoms with Gasteiger partial charge in [-0.05, 0) is 24.5 Å². The Morgan fingerprint density at radius 2 is 1.64 bits per heavy atom. The third-order valence-corrected chi connectivity index (χ3v) is 5.66. The first-order valence-electron chi connectivity index (χ1n) is 10.5. The summed E-state index contributed by atoms with van der Waals surface area (Å²) in [6.07, 6.45) is 0.983. The van der Waals surface area contributed by atoms with E-state index in [4.69, 9.17) is 0 Å². The molecule has 3 aromatic rings. The number of anilines is 1. The maximum Gasteiger partial charge on any atom is 0.285 e. The summed E-state index contributed by atoms with van der Waals surface area (Å²) in [6, 6.07) is 13.1. The van der Waals surface area contributed by atoms with Gasteiger partial charge in [-0.2, -0.15) is 10.4 Å². The molecular weight excluding hydrogens is 420 g/mol. The number of nitriles is 1. The molecule has 164 valence electrons. The molecule has 0 atom stereocenters. The molecule has 4 rings (SSSR count). The van der Waals surface area contributed by atoms with E-state index in [0.717, 1.165) is 4.68 Å². The maximum absolute atomic E-state index is 13.1. The van der Waals surface area contributed by atoms with Gasteiger partial charge in [-0.3, -0.25) is 19.2 Å². The van der Waals surface area contributed by atoms with Crippen LogP contribution in [0.4, 0.5) is 5.69 Å². The van der Waals surface area contributed by atoms with E-state index in [9.17, 15) is 24.4 Å². The zero-order valence-electron chi connectivity index (χ0n) is 18.1. The normalized spacial score (nSPS) is 12.0. The van der Waals surface area contributed by atoms with Crippen molar-refractivity contribution in [2.24, 2.45) is 0 Å². The lowest BCUT2D eigenvalue weighted by Crippen LogP contribution is -2.33. The lowest BCUT2D eigenvalue weighted by molar-refractivity contribution is -0.117. The second-order valence-corrected chi connectivity index (χ2v) is 7.56. The Hall–Kier alpha value is -4.38. The Morgan fingerprint density at radius 3 is 2.27 bits per heavy atom. The van der Waals surface area contributed by atoms with E-state index in [1.807, 2.05) is 19.9 Å². The predicted octanol–water partition coefficient (Wildman–Crippen LogP) is 2.65. The summed E-state index contributed by atoms with van der Waals surface area (Å²) in [6.45, 7) is 3.25. The van der Waals surface area contributed by atoms with Gasteiger partial charge in [-0.15, -0.1) is 0 Å². The summed E-state index contributed by atoms with van der Waals surface area (Å²) >= 11 is 0. The lowest BCUT2D eigenvalue weighted by Gasteiger charge is -2.20. The minimum Gasteiger partial charge on any atom is -0.324 e. The molecule has 0 radical (unpaired) electrons. The highest BCUT2D eigenvalue weighted by molar-refractivity contribution is 6.30. The van der Waals surface area contributed by atoms with E-state index >= 15 is 0 Å². The molecule has 0 aliphatic heterocycles. The summed E-state index contributed by atoms with van der Waals surface area (Å²) in [5.41, 5.74) is 1.60. The minimum atomic E-state index is -0.642. The van der Waals surface area contributed by atoms with Crippen molar-refractivity contribution in [3.05, 3.63) is 91.9 Å². The van der Waals surface area contributed by atoms with Crippen molar-refractivity contribution in [3.63, 3.8) is 0 Å². The average Bonchev–Trinajstić information content (AvgIpc) is 2.83. The number of nitrogens with one attached hydrogen (secondary N) is 1. The number of aryl methyl sites for hydroxylation is 1. The molecule has 0 bridgehead atoms. The SMILES string of the molecule is CCc1nn(CC(=O)Nc2cccc3c2C(=O)c2ccccc2C3=O)c(=O)c(C#N)c1CC. The van der Waals surface area contributed by atoms with Crippen LogP contribution in [0.5, 0.6) is 0 Å². The van der Waals surface area contributed by atoms with E-state index in [1.165, 1.54) is 6.07 Å². The van der Waals surface area contributed by atoms with Gasteiger partial charge in [0.1, 0.15) is 18.2 Å². The molecule has 1 aliphatic carbocycles. The number of hydrogen-bond acceptors (Lipinski definition) is 6. The monoisotopic (exact) mass is 440 g/mol. The Labute approximate surface area is 189 Å². The van der Waals surface area contributed by atoms with Gasteiger partial charge in [0, 0.05) is 16.7 Å². The summed E-state index contributed by atoms with van der Waals surface area (Å²) in [4.78, 5) is 51.5. The molecular formula is C25H20N4O4. The van der Waals surface area contributed by atoms with Crippen molar-refractivity contribution >= 4 is 23.2 Å². The molecule has 33 heavy (non-hydrogen) atoms. The molecule has 1 aromatic heterocycles. The number of carbonyl (C=O) groups excluding carboxylic acids is 3. The average molecular weight is 440 g/mol. The number of aromatic nitrogens is 2. The van der Waals surface area contributed by atoms with Crippen LogP contribution in [0.15, 0.2) is 47.3 Å². The summed E-state index contributed by atoms with van der Waals surface area (Å²) < 4.78 is 0.962. The zero-order valence-corrected chi connectivity index (χ0v) is 18.1. The number of fused-ring (bicyclic) bond motifs is 2. The van der Waals surface area contributed by atoms with Gasteiger partial charge in [0.05, 0.1) is 16.9 Å². The fraction of sp³-hybridized carbons (Fsp3) is 0.200. The topological polar surface area (TPSA) is 122 Å². The number of amides is 1. The van der Waals surface area contributed by atoms with Crippen LogP contribution in [0, 0.1) is 11.3 Å². The maximum atomic E-state index is 13.1. The van der Waals surface area contributed by atoms with Gasteiger partial charge >= 0.3 is 0 Å². The predicted molar refractivity (Wildman–Crippen MR) is 120 cm³/mol. The van der Waals surface area contributed by atoms with Crippen molar-refractivity contribution in [3.8, 4) is 6.07 Å². The third-order valence-electron chi connectivity index (χ3n) is 5.66. The fourth-order valence-corrected chi connectivity index (χ4v) is 4.12. The van der Waals surface area contributed by atoms with Gasteiger partial charge in [-0.25, -0.2) is 4.68 Å². The van der Waals surface area contributed by atoms with Gasteiger partial charge in [-0.1, -0.05) is 50.2 Å². The van der Waals surface area contributed by atoms with Crippen molar-refractivity contribution in [2.45, 2.75) is 33.2 Å². The molecule has 2 aromatic carbocycles. The highest BCUT2D eigenvalue weighted by Crippen LogP contribution is 2.31. The summed E-state index contributed by atoms with van der Waals surface area (Å²) in [5.74, 6) is -1.26. The quantitative estimate of drug-likeness (QED) is 0.509. The highest BCUT2D eigenvalue weighted by Gasteiger charge is 2.31. The van der Waals surface area contributed by atoms with Crippen molar-refractivity contribution in [1.29, 1.82) is 5.26 Å². The van der Waals surface area contributed by atoms with Crippen LogP contribution in [0.1, 0.15) is 62.5 Å². The number of rotatable bonds is 5. The van der Waals surface area contributed by atoms with Crippen LogP contribution in [-0.4, -0.2) is 27.3 Å². The van der Waals surface area contributed by atoms with Gasteiger partial charge in [0.2, 0.25) is 5.91 Å². The molecule has 1 amide bonds. The van der Waals surface area contributed by atoms with Gasteiger partial charge in [0.15, 0.2) is 11.6 Å². The highest BCUT2D eigenvalue weighted by atomic mass is 16.2. The number of hydrogen-bond donors (Lipinski definition) is 1. The molecule has 0 saturated heterocycles. The first-order chi connectivity index (χ1) is 15.9. The minimum absolute atomic E-state index is 0.0216.